The lowest BCUT2D eigenvalue weighted by molar-refractivity contribution is -0.0362. The molecular formula is C13H26N2O2. The van der Waals surface area contributed by atoms with Crippen molar-refractivity contribution in [2.24, 2.45) is 11.7 Å². The molecule has 0 aromatic heterocycles. The minimum absolute atomic E-state index is 0.0613. The molecular weight excluding hydrogens is 216 g/mol. The number of nitrogens with zero attached hydrogens (tertiary/aromatic N) is 1. The van der Waals surface area contributed by atoms with E-state index in [0.29, 0.717) is 5.92 Å². The Hall–Kier alpha value is -0.160. The van der Waals surface area contributed by atoms with Crippen LogP contribution in [-0.4, -0.2) is 56.0 Å². The van der Waals surface area contributed by atoms with Gasteiger partial charge in [0.2, 0.25) is 0 Å². The van der Waals surface area contributed by atoms with E-state index in [9.17, 15) is 0 Å². The SMILES string of the molecule is CC(C)(C(N)C1CCOCC1)N1CCOCC1. The zero-order chi connectivity index (χ0) is 12.3. The first-order chi connectivity index (χ1) is 8.12. The fraction of sp³-hybridized carbons (Fsp3) is 1.00. The summed E-state index contributed by atoms with van der Waals surface area (Å²) in [5.41, 5.74) is 6.58. The summed E-state index contributed by atoms with van der Waals surface area (Å²) in [4.78, 5) is 2.48. The molecule has 1 unspecified atom stereocenters. The minimum atomic E-state index is 0.0613. The zero-order valence-electron chi connectivity index (χ0n) is 11.2. The molecule has 2 rings (SSSR count). The number of hydrogen-bond donors (Lipinski definition) is 1. The van der Waals surface area contributed by atoms with Crippen molar-refractivity contribution in [2.45, 2.75) is 38.3 Å². The Morgan fingerprint density at radius 1 is 1.06 bits per heavy atom. The lowest BCUT2D eigenvalue weighted by atomic mass is 9.79. The molecule has 0 radical (unpaired) electrons. The van der Waals surface area contributed by atoms with Crippen LogP contribution in [0.2, 0.25) is 0 Å². The van der Waals surface area contributed by atoms with Crippen molar-refractivity contribution in [2.75, 3.05) is 39.5 Å². The molecule has 17 heavy (non-hydrogen) atoms. The average molecular weight is 242 g/mol. The Bertz CT molecular complexity index is 234. The summed E-state index contributed by atoms with van der Waals surface area (Å²) in [5.74, 6) is 0.599. The van der Waals surface area contributed by atoms with Crippen molar-refractivity contribution in [1.29, 1.82) is 0 Å². The van der Waals surface area contributed by atoms with Crippen molar-refractivity contribution >= 4 is 0 Å². The summed E-state index contributed by atoms with van der Waals surface area (Å²) >= 11 is 0. The van der Waals surface area contributed by atoms with Crippen molar-refractivity contribution in [3.63, 3.8) is 0 Å². The van der Waals surface area contributed by atoms with Crippen molar-refractivity contribution in [3.05, 3.63) is 0 Å². The highest BCUT2D eigenvalue weighted by molar-refractivity contribution is 4.96. The third-order valence-corrected chi connectivity index (χ3v) is 4.42. The van der Waals surface area contributed by atoms with Gasteiger partial charge in [0.25, 0.3) is 0 Å². The van der Waals surface area contributed by atoms with Crippen LogP contribution < -0.4 is 5.73 Å². The molecule has 100 valence electrons. The standard InChI is InChI=1S/C13H26N2O2/c1-13(2,15-5-9-17-10-6-15)12(14)11-3-7-16-8-4-11/h11-12H,3-10,14H2,1-2H3. The van der Waals surface area contributed by atoms with Gasteiger partial charge in [0.15, 0.2) is 0 Å². The van der Waals surface area contributed by atoms with Gasteiger partial charge >= 0.3 is 0 Å². The predicted octanol–water partition coefficient (Wildman–Crippen LogP) is 0.851. The molecule has 4 heteroatoms. The Morgan fingerprint density at radius 2 is 1.59 bits per heavy atom. The van der Waals surface area contributed by atoms with Crippen LogP contribution in [0.3, 0.4) is 0 Å². The molecule has 2 saturated heterocycles. The second-order valence-electron chi connectivity index (χ2n) is 5.73. The molecule has 2 aliphatic rings. The summed E-state index contributed by atoms with van der Waals surface area (Å²) in [6, 6.07) is 0.226. The predicted molar refractivity (Wildman–Crippen MR) is 68.0 cm³/mol. The lowest BCUT2D eigenvalue weighted by Gasteiger charge is -2.47. The van der Waals surface area contributed by atoms with Gasteiger partial charge in [-0.05, 0) is 32.6 Å². The lowest BCUT2D eigenvalue weighted by Crippen LogP contribution is -2.61. The van der Waals surface area contributed by atoms with Gasteiger partial charge < -0.3 is 15.2 Å². The second-order valence-corrected chi connectivity index (χ2v) is 5.73. The van der Waals surface area contributed by atoms with E-state index in [-0.39, 0.29) is 11.6 Å². The number of hydrogen-bond acceptors (Lipinski definition) is 4. The maximum absolute atomic E-state index is 6.52. The highest BCUT2D eigenvalue weighted by atomic mass is 16.5. The third kappa shape index (κ3) is 2.99. The van der Waals surface area contributed by atoms with E-state index in [1.165, 1.54) is 0 Å². The van der Waals surface area contributed by atoms with Crippen LogP contribution in [0, 0.1) is 5.92 Å². The first kappa shape index (κ1) is 13.3. The maximum atomic E-state index is 6.52. The van der Waals surface area contributed by atoms with E-state index in [4.69, 9.17) is 15.2 Å². The number of rotatable bonds is 3. The molecule has 0 amide bonds. The van der Waals surface area contributed by atoms with Gasteiger partial charge in [0, 0.05) is 37.9 Å². The maximum Gasteiger partial charge on any atom is 0.0594 e. The molecule has 0 aliphatic carbocycles. The highest BCUT2D eigenvalue weighted by Gasteiger charge is 2.38. The summed E-state index contributed by atoms with van der Waals surface area (Å²) in [5, 5.41) is 0. The number of morpholine rings is 1. The van der Waals surface area contributed by atoms with Crippen molar-refractivity contribution < 1.29 is 9.47 Å². The van der Waals surface area contributed by atoms with Crippen LogP contribution >= 0.6 is 0 Å². The summed E-state index contributed by atoms with van der Waals surface area (Å²) in [7, 11) is 0. The molecule has 0 saturated carbocycles. The van der Waals surface area contributed by atoms with Gasteiger partial charge in [-0.15, -0.1) is 0 Å². The molecule has 4 nitrogen and oxygen atoms in total. The Labute approximate surface area is 104 Å². The summed E-state index contributed by atoms with van der Waals surface area (Å²) in [6.07, 6.45) is 2.21. The molecule has 2 fully saturated rings. The normalized spacial score (nSPS) is 27.0. The molecule has 2 aliphatic heterocycles. The first-order valence-electron chi connectivity index (χ1n) is 6.78. The molecule has 0 aromatic rings. The molecule has 0 bridgehead atoms. The van der Waals surface area contributed by atoms with Crippen LogP contribution in [0.4, 0.5) is 0 Å². The quantitative estimate of drug-likeness (QED) is 0.797. The van der Waals surface area contributed by atoms with Crippen LogP contribution in [-0.2, 0) is 9.47 Å². The molecule has 2 heterocycles. The van der Waals surface area contributed by atoms with Crippen LogP contribution in [0.1, 0.15) is 26.7 Å². The van der Waals surface area contributed by atoms with Gasteiger partial charge in [-0.3, -0.25) is 4.90 Å². The number of ether oxygens (including phenoxy) is 2. The van der Waals surface area contributed by atoms with Crippen molar-refractivity contribution in [3.8, 4) is 0 Å². The van der Waals surface area contributed by atoms with Gasteiger partial charge in [-0.1, -0.05) is 0 Å². The largest absolute Gasteiger partial charge is 0.381 e. The van der Waals surface area contributed by atoms with Crippen LogP contribution in [0.15, 0.2) is 0 Å². The van der Waals surface area contributed by atoms with E-state index in [0.717, 1.165) is 52.4 Å². The summed E-state index contributed by atoms with van der Waals surface area (Å²) in [6.45, 7) is 9.98. The first-order valence-corrected chi connectivity index (χ1v) is 6.78. The zero-order valence-corrected chi connectivity index (χ0v) is 11.2. The molecule has 1 atom stereocenters. The van der Waals surface area contributed by atoms with Crippen molar-refractivity contribution in [1.82, 2.24) is 4.90 Å². The molecule has 0 spiro atoms. The van der Waals surface area contributed by atoms with Crippen LogP contribution in [0.5, 0.6) is 0 Å². The van der Waals surface area contributed by atoms with E-state index in [2.05, 4.69) is 18.7 Å². The van der Waals surface area contributed by atoms with Crippen LogP contribution in [0.25, 0.3) is 0 Å². The average Bonchev–Trinajstić information content (AvgIpc) is 2.40. The Balaban J connectivity index is 1.96. The third-order valence-electron chi connectivity index (χ3n) is 4.42. The number of nitrogens with two attached hydrogens (primary N) is 1. The Morgan fingerprint density at radius 3 is 2.18 bits per heavy atom. The van der Waals surface area contributed by atoms with E-state index in [1.54, 1.807) is 0 Å². The molecule has 0 aromatic carbocycles. The fourth-order valence-electron chi connectivity index (χ4n) is 3.00. The molecule has 2 N–H and O–H groups in total. The fourth-order valence-corrected chi connectivity index (χ4v) is 3.00. The van der Waals surface area contributed by atoms with E-state index < -0.39 is 0 Å². The van der Waals surface area contributed by atoms with Gasteiger partial charge in [-0.2, -0.15) is 0 Å². The smallest absolute Gasteiger partial charge is 0.0594 e. The van der Waals surface area contributed by atoms with Gasteiger partial charge in [-0.25, -0.2) is 0 Å². The minimum Gasteiger partial charge on any atom is -0.381 e. The van der Waals surface area contributed by atoms with E-state index >= 15 is 0 Å². The monoisotopic (exact) mass is 242 g/mol. The van der Waals surface area contributed by atoms with Gasteiger partial charge in [0.05, 0.1) is 13.2 Å². The van der Waals surface area contributed by atoms with Gasteiger partial charge in [0.1, 0.15) is 0 Å². The topological polar surface area (TPSA) is 47.7 Å². The highest BCUT2D eigenvalue weighted by Crippen LogP contribution is 2.29. The second kappa shape index (κ2) is 5.65. The Kier molecular flexibility index (Phi) is 4.42. The van der Waals surface area contributed by atoms with E-state index in [1.807, 2.05) is 0 Å². The summed E-state index contributed by atoms with van der Waals surface area (Å²) < 4.78 is 10.8.